The lowest BCUT2D eigenvalue weighted by Gasteiger charge is -2.49. The summed E-state index contributed by atoms with van der Waals surface area (Å²) in [6, 6.07) is 5.28. The van der Waals surface area contributed by atoms with Crippen LogP contribution in [-0.4, -0.2) is 62.6 Å². The Morgan fingerprint density at radius 1 is 1.38 bits per heavy atom. The highest BCUT2D eigenvalue weighted by Crippen LogP contribution is 2.40. The summed E-state index contributed by atoms with van der Waals surface area (Å²) in [7, 11) is 0. The van der Waals surface area contributed by atoms with Crippen molar-refractivity contribution in [2.24, 2.45) is 0 Å². The molecule has 11 heteroatoms. The van der Waals surface area contributed by atoms with E-state index < -0.39 is 41.3 Å². The van der Waals surface area contributed by atoms with Gasteiger partial charge in [0.05, 0.1) is 0 Å². The average molecular weight is 441 g/mol. The van der Waals surface area contributed by atoms with Crippen molar-refractivity contribution in [2.45, 2.75) is 24.4 Å². The van der Waals surface area contributed by atoms with Gasteiger partial charge in [-0.1, -0.05) is 29.8 Å². The number of rotatable bonds is 6. The summed E-state index contributed by atoms with van der Waals surface area (Å²) in [5.74, 6) is -3.12. The summed E-state index contributed by atoms with van der Waals surface area (Å²) < 4.78 is 4.86. The Morgan fingerprint density at radius 2 is 2.07 bits per heavy atom. The largest absolute Gasteiger partial charge is 0.477 e. The van der Waals surface area contributed by atoms with Crippen molar-refractivity contribution < 1.29 is 34.1 Å². The van der Waals surface area contributed by atoms with Crippen molar-refractivity contribution in [2.75, 3.05) is 12.4 Å². The number of aliphatic hydroxyl groups excluding tert-OH is 1. The molecular formula is C18H17ClN2O7S. The Labute approximate surface area is 174 Å². The molecule has 1 aromatic carbocycles. The molecule has 0 aliphatic carbocycles. The van der Waals surface area contributed by atoms with Gasteiger partial charge in [-0.25, -0.2) is 4.79 Å². The van der Waals surface area contributed by atoms with E-state index in [9.17, 15) is 29.4 Å². The van der Waals surface area contributed by atoms with Crippen LogP contribution in [-0.2, 0) is 23.9 Å². The van der Waals surface area contributed by atoms with Crippen LogP contribution in [0.1, 0.15) is 18.6 Å². The second kappa shape index (κ2) is 8.44. The van der Waals surface area contributed by atoms with Gasteiger partial charge in [0, 0.05) is 28.8 Å². The average Bonchev–Trinajstić information content (AvgIpc) is 2.68. The minimum Gasteiger partial charge on any atom is -0.477 e. The lowest BCUT2D eigenvalue weighted by Crippen LogP contribution is -2.71. The number of carbonyl (C=O) groups excluding carboxylic acids is 3. The smallest absolute Gasteiger partial charge is 0.352 e. The van der Waals surface area contributed by atoms with Crippen LogP contribution in [0.5, 0.6) is 0 Å². The lowest BCUT2D eigenvalue weighted by atomic mass is 10.0. The van der Waals surface area contributed by atoms with Crippen molar-refractivity contribution in [1.29, 1.82) is 0 Å². The number of ether oxygens (including phenoxy) is 1. The number of carboxylic acids is 1. The molecule has 0 saturated carbocycles. The Morgan fingerprint density at radius 3 is 2.69 bits per heavy atom. The quantitative estimate of drug-likeness (QED) is 0.434. The number of hydrogen-bond donors (Lipinski definition) is 3. The van der Waals surface area contributed by atoms with Gasteiger partial charge in [-0.3, -0.25) is 19.3 Å². The first-order valence-corrected chi connectivity index (χ1v) is 9.91. The molecule has 3 unspecified atom stereocenters. The van der Waals surface area contributed by atoms with Gasteiger partial charge in [0.2, 0.25) is 0 Å². The molecule has 2 aliphatic rings. The van der Waals surface area contributed by atoms with Gasteiger partial charge in [0.15, 0.2) is 6.10 Å². The Balaban J connectivity index is 1.73. The molecule has 2 aliphatic heterocycles. The maximum absolute atomic E-state index is 12.5. The van der Waals surface area contributed by atoms with E-state index in [2.05, 4.69) is 5.32 Å². The molecule has 0 bridgehead atoms. The van der Waals surface area contributed by atoms with Crippen molar-refractivity contribution in [3.05, 3.63) is 46.1 Å². The van der Waals surface area contributed by atoms with E-state index in [1.165, 1.54) is 30.8 Å². The number of carbonyl (C=O) groups is 4. The van der Waals surface area contributed by atoms with Gasteiger partial charge in [-0.15, -0.1) is 11.8 Å². The van der Waals surface area contributed by atoms with Crippen molar-refractivity contribution in [1.82, 2.24) is 10.2 Å². The van der Waals surface area contributed by atoms with E-state index in [4.69, 9.17) is 16.3 Å². The molecule has 1 fully saturated rings. The van der Waals surface area contributed by atoms with Crippen molar-refractivity contribution >= 4 is 47.1 Å². The van der Waals surface area contributed by atoms with Crippen LogP contribution in [0.25, 0.3) is 0 Å². The summed E-state index contributed by atoms with van der Waals surface area (Å²) in [4.78, 5) is 48.7. The second-order valence-corrected chi connectivity index (χ2v) is 7.87. The lowest BCUT2D eigenvalue weighted by molar-refractivity contribution is -0.152. The predicted molar refractivity (Wildman–Crippen MR) is 103 cm³/mol. The zero-order chi connectivity index (χ0) is 21.3. The monoisotopic (exact) mass is 440 g/mol. The number of halogens is 1. The molecule has 1 saturated heterocycles. The van der Waals surface area contributed by atoms with Crippen LogP contribution in [0.15, 0.2) is 35.5 Å². The minimum absolute atomic E-state index is 0.196. The number of β-lactam (4-membered cyclic amide) rings is 1. The highest BCUT2D eigenvalue weighted by molar-refractivity contribution is 8.00. The van der Waals surface area contributed by atoms with E-state index in [0.29, 0.717) is 5.57 Å². The molecule has 9 nitrogen and oxygen atoms in total. The summed E-state index contributed by atoms with van der Waals surface area (Å²) in [5.41, 5.74) is 0.238. The molecule has 2 amide bonds. The summed E-state index contributed by atoms with van der Waals surface area (Å²) in [6.07, 6.45) is -1.58. The van der Waals surface area contributed by atoms with Crippen LogP contribution in [0.4, 0.5) is 0 Å². The summed E-state index contributed by atoms with van der Waals surface area (Å²) >= 11 is 7.21. The van der Waals surface area contributed by atoms with Gasteiger partial charge in [-0.05, 0) is 6.07 Å². The number of esters is 1. The Kier molecular flexibility index (Phi) is 6.15. The molecule has 3 rings (SSSR count). The molecule has 29 heavy (non-hydrogen) atoms. The molecule has 0 spiro atoms. The Bertz CT molecular complexity index is 919. The molecular weight excluding hydrogens is 424 g/mol. The first kappa shape index (κ1) is 21.2. The fraction of sp³-hybridized carbons (Fsp3) is 0.333. The van der Waals surface area contributed by atoms with E-state index in [1.54, 1.807) is 12.1 Å². The summed E-state index contributed by atoms with van der Waals surface area (Å²) in [6.45, 7) is 0.965. The molecule has 1 aromatic rings. The number of carboxylic acid groups (broad SMARTS) is 1. The van der Waals surface area contributed by atoms with Crippen molar-refractivity contribution in [3.8, 4) is 0 Å². The standard InChI is InChI=1S/C18H17ClN2O7S/c1-8(22)28-6-9-7-29-17-12(16(25)21(17)13(9)18(26)27)20-15(24)14(23)10-4-2-3-5-11(10)19/h2-5,12,14,17,23H,6-7H2,1H3,(H,20,24)(H,26,27). The zero-order valence-electron chi connectivity index (χ0n) is 15.1. The fourth-order valence-corrected chi connectivity index (χ4v) is 4.62. The number of fused-ring (bicyclic) bond motifs is 1. The normalized spacial score (nSPS) is 21.8. The zero-order valence-corrected chi connectivity index (χ0v) is 16.7. The highest BCUT2D eigenvalue weighted by atomic mass is 35.5. The Hall–Kier alpha value is -2.56. The number of benzene rings is 1. The first-order valence-electron chi connectivity index (χ1n) is 8.48. The van der Waals surface area contributed by atoms with Crippen LogP contribution in [0.3, 0.4) is 0 Å². The molecule has 3 N–H and O–H groups in total. The van der Waals surface area contributed by atoms with E-state index in [1.807, 2.05) is 0 Å². The van der Waals surface area contributed by atoms with E-state index in [0.717, 1.165) is 4.90 Å². The van der Waals surface area contributed by atoms with Gasteiger partial charge in [-0.2, -0.15) is 0 Å². The second-order valence-electron chi connectivity index (χ2n) is 6.36. The first-order chi connectivity index (χ1) is 13.7. The minimum atomic E-state index is -1.58. The van der Waals surface area contributed by atoms with E-state index in [-0.39, 0.29) is 28.6 Å². The maximum Gasteiger partial charge on any atom is 0.352 e. The SMILES string of the molecule is CC(=O)OCC1=C(C(=O)O)N2C(=O)C(NC(=O)C(O)c3ccccc3Cl)C2SC1. The van der Waals surface area contributed by atoms with Gasteiger partial charge in [0.1, 0.15) is 23.7 Å². The number of amides is 2. The number of aliphatic hydroxyl groups is 1. The fourth-order valence-electron chi connectivity index (χ4n) is 3.05. The highest BCUT2D eigenvalue weighted by Gasteiger charge is 2.54. The van der Waals surface area contributed by atoms with Crippen LogP contribution in [0.2, 0.25) is 5.02 Å². The third-order valence-corrected chi connectivity index (χ3v) is 6.13. The number of nitrogens with one attached hydrogen (secondary N) is 1. The predicted octanol–water partition coefficient (Wildman–Crippen LogP) is 0.675. The molecule has 154 valence electrons. The maximum atomic E-state index is 12.5. The number of nitrogens with zero attached hydrogens (tertiary/aromatic N) is 1. The molecule has 0 aromatic heterocycles. The van der Waals surface area contributed by atoms with Crippen LogP contribution < -0.4 is 5.32 Å². The molecule has 2 heterocycles. The number of aliphatic carboxylic acids is 1. The number of hydrogen-bond acceptors (Lipinski definition) is 7. The van der Waals surface area contributed by atoms with Crippen LogP contribution >= 0.6 is 23.4 Å². The summed E-state index contributed by atoms with van der Waals surface area (Å²) in [5, 5.41) is 21.8. The molecule has 3 atom stereocenters. The van der Waals surface area contributed by atoms with Gasteiger partial charge >= 0.3 is 11.9 Å². The van der Waals surface area contributed by atoms with Gasteiger partial charge < -0.3 is 20.3 Å². The van der Waals surface area contributed by atoms with Crippen LogP contribution in [0, 0.1) is 0 Å². The van der Waals surface area contributed by atoms with E-state index >= 15 is 0 Å². The number of thioether (sulfide) groups is 1. The van der Waals surface area contributed by atoms with Crippen molar-refractivity contribution in [3.63, 3.8) is 0 Å². The van der Waals surface area contributed by atoms with Gasteiger partial charge in [0.25, 0.3) is 11.8 Å². The topological polar surface area (TPSA) is 133 Å². The third kappa shape index (κ3) is 4.09. The third-order valence-electron chi connectivity index (χ3n) is 4.45. The molecule has 0 radical (unpaired) electrons.